The summed E-state index contributed by atoms with van der Waals surface area (Å²) in [5.74, 6) is 2.72. The fourth-order valence-electron chi connectivity index (χ4n) is 1.15. The van der Waals surface area contributed by atoms with Crippen LogP contribution >= 0.6 is 0 Å². The van der Waals surface area contributed by atoms with Crippen molar-refractivity contribution in [1.82, 2.24) is 5.32 Å². The van der Waals surface area contributed by atoms with Crippen LogP contribution < -0.4 is 5.32 Å². The predicted octanol–water partition coefficient (Wildman–Crippen LogP) is 0.928. The third kappa shape index (κ3) is 0.863. The summed E-state index contributed by atoms with van der Waals surface area (Å²) in [5, 5.41) is 3.10. The van der Waals surface area contributed by atoms with Gasteiger partial charge in [-0.2, -0.15) is 0 Å². The van der Waals surface area contributed by atoms with E-state index in [4.69, 9.17) is 6.42 Å². The SMILES string of the molecule is C#CC1(NC)CC(=C)C1. The third-order valence-corrected chi connectivity index (χ3v) is 1.86. The zero-order valence-corrected chi connectivity index (χ0v) is 5.70. The molecule has 0 aromatic heterocycles. The number of nitrogens with one attached hydrogen (secondary N) is 1. The molecule has 1 saturated carbocycles. The molecule has 48 valence electrons. The number of hydrogen-bond acceptors (Lipinski definition) is 1. The summed E-state index contributed by atoms with van der Waals surface area (Å²) in [6.45, 7) is 3.82. The molecule has 0 aliphatic heterocycles. The zero-order chi connectivity index (χ0) is 6.91. The monoisotopic (exact) mass is 121 g/mol. The number of terminal acetylenes is 1. The van der Waals surface area contributed by atoms with Crippen molar-refractivity contribution in [3.8, 4) is 12.3 Å². The second-order valence-electron chi connectivity index (χ2n) is 2.58. The van der Waals surface area contributed by atoms with E-state index in [0.29, 0.717) is 0 Å². The van der Waals surface area contributed by atoms with Gasteiger partial charge in [0.1, 0.15) is 0 Å². The molecule has 0 aromatic rings. The Hall–Kier alpha value is -0.740. The van der Waals surface area contributed by atoms with Gasteiger partial charge in [-0.05, 0) is 19.9 Å². The van der Waals surface area contributed by atoms with Crippen LogP contribution in [0, 0.1) is 12.3 Å². The fraction of sp³-hybridized carbons (Fsp3) is 0.500. The average Bonchev–Trinajstić information content (AvgIpc) is 1.81. The van der Waals surface area contributed by atoms with Crippen molar-refractivity contribution in [1.29, 1.82) is 0 Å². The van der Waals surface area contributed by atoms with Gasteiger partial charge in [-0.25, -0.2) is 0 Å². The Labute approximate surface area is 56.1 Å². The molecule has 0 unspecified atom stereocenters. The van der Waals surface area contributed by atoms with Gasteiger partial charge in [-0.15, -0.1) is 6.42 Å². The lowest BCUT2D eigenvalue weighted by Crippen LogP contribution is -2.48. The number of hydrogen-bond donors (Lipinski definition) is 1. The van der Waals surface area contributed by atoms with E-state index in [9.17, 15) is 0 Å². The van der Waals surface area contributed by atoms with Crippen LogP contribution in [-0.2, 0) is 0 Å². The van der Waals surface area contributed by atoms with Crippen LogP contribution in [0.15, 0.2) is 12.2 Å². The molecule has 0 amide bonds. The van der Waals surface area contributed by atoms with Crippen molar-refractivity contribution in [3.05, 3.63) is 12.2 Å². The Bertz CT molecular complexity index is 165. The van der Waals surface area contributed by atoms with Gasteiger partial charge in [0.2, 0.25) is 0 Å². The van der Waals surface area contributed by atoms with Crippen molar-refractivity contribution in [3.63, 3.8) is 0 Å². The molecule has 0 aromatic carbocycles. The highest BCUT2D eigenvalue weighted by atomic mass is 14.9. The van der Waals surface area contributed by atoms with Crippen LogP contribution in [0.4, 0.5) is 0 Å². The molecule has 1 fully saturated rings. The first-order chi connectivity index (χ1) is 4.22. The van der Waals surface area contributed by atoms with Gasteiger partial charge in [0, 0.05) is 0 Å². The second-order valence-corrected chi connectivity index (χ2v) is 2.58. The van der Waals surface area contributed by atoms with Gasteiger partial charge in [0.05, 0.1) is 5.54 Å². The highest BCUT2D eigenvalue weighted by molar-refractivity contribution is 5.31. The first kappa shape index (κ1) is 6.38. The normalized spacial score (nSPS) is 22.4. The lowest BCUT2D eigenvalue weighted by Gasteiger charge is -2.38. The van der Waals surface area contributed by atoms with Crippen molar-refractivity contribution < 1.29 is 0 Å². The van der Waals surface area contributed by atoms with Crippen LogP contribution in [-0.4, -0.2) is 12.6 Å². The maximum absolute atomic E-state index is 5.29. The maximum Gasteiger partial charge on any atom is 0.0870 e. The molecule has 1 heteroatoms. The Balaban J connectivity index is 2.58. The minimum absolute atomic E-state index is 0.0446. The summed E-state index contributed by atoms with van der Waals surface area (Å²) in [6, 6.07) is 0. The third-order valence-electron chi connectivity index (χ3n) is 1.86. The highest BCUT2D eigenvalue weighted by Gasteiger charge is 2.35. The maximum atomic E-state index is 5.29. The minimum Gasteiger partial charge on any atom is -0.304 e. The Morgan fingerprint density at radius 2 is 2.33 bits per heavy atom. The summed E-state index contributed by atoms with van der Waals surface area (Å²) in [7, 11) is 1.90. The largest absolute Gasteiger partial charge is 0.304 e. The highest BCUT2D eigenvalue weighted by Crippen LogP contribution is 2.34. The van der Waals surface area contributed by atoms with E-state index < -0.39 is 0 Å². The van der Waals surface area contributed by atoms with Crippen LogP contribution in [0.5, 0.6) is 0 Å². The molecule has 0 bridgehead atoms. The van der Waals surface area contributed by atoms with Gasteiger partial charge in [-0.1, -0.05) is 18.1 Å². The van der Waals surface area contributed by atoms with E-state index in [1.54, 1.807) is 0 Å². The molecule has 9 heavy (non-hydrogen) atoms. The molecular weight excluding hydrogens is 110 g/mol. The first-order valence-corrected chi connectivity index (χ1v) is 3.06. The summed E-state index contributed by atoms with van der Waals surface area (Å²) < 4.78 is 0. The molecule has 0 atom stereocenters. The molecule has 0 heterocycles. The Kier molecular flexibility index (Phi) is 1.34. The molecule has 0 radical (unpaired) electrons. The smallest absolute Gasteiger partial charge is 0.0870 e. The van der Waals surface area contributed by atoms with Crippen molar-refractivity contribution in [2.24, 2.45) is 0 Å². The van der Waals surface area contributed by atoms with E-state index in [2.05, 4.69) is 17.8 Å². The van der Waals surface area contributed by atoms with E-state index in [-0.39, 0.29) is 5.54 Å². The molecule has 1 aliphatic carbocycles. The molecule has 1 nitrogen and oxygen atoms in total. The molecule has 1 aliphatic rings. The number of rotatable bonds is 1. The summed E-state index contributed by atoms with van der Waals surface area (Å²) in [4.78, 5) is 0. The molecule has 1 N–H and O–H groups in total. The van der Waals surface area contributed by atoms with Crippen LogP contribution in [0.3, 0.4) is 0 Å². The Morgan fingerprint density at radius 1 is 1.78 bits per heavy atom. The summed E-state index contributed by atoms with van der Waals surface area (Å²) in [5.41, 5.74) is 1.21. The van der Waals surface area contributed by atoms with Gasteiger partial charge in [0.15, 0.2) is 0 Å². The topological polar surface area (TPSA) is 12.0 Å². The predicted molar refractivity (Wildman–Crippen MR) is 39.0 cm³/mol. The fourth-order valence-corrected chi connectivity index (χ4v) is 1.15. The lowest BCUT2D eigenvalue weighted by atomic mass is 9.74. The van der Waals surface area contributed by atoms with Crippen molar-refractivity contribution >= 4 is 0 Å². The van der Waals surface area contributed by atoms with Crippen molar-refractivity contribution in [2.45, 2.75) is 18.4 Å². The molecule has 1 rings (SSSR count). The van der Waals surface area contributed by atoms with Gasteiger partial charge >= 0.3 is 0 Å². The van der Waals surface area contributed by atoms with Crippen LogP contribution in [0.2, 0.25) is 0 Å². The first-order valence-electron chi connectivity index (χ1n) is 3.06. The van der Waals surface area contributed by atoms with E-state index in [1.807, 2.05) is 7.05 Å². The quantitative estimate of drug-likeness (QED) is 0.402. The van der Waals surface area contributed by atoms with E-state index >= 15 is 0 Å². The summed E-state index contributed by atoms with van der Waals surface area (Å²) >= 11 is 0. The van der Waals surface area contributed by atoms with Crippen molar-refractivity contribution in [2.75, 3.05) is 7.05 Å². The second kappa shape index (κ2) is 1.89. The molecule has 0 saturated heterocycles. The zero-order valence-electron chi connectivity index (χ0n) is 5.70. The van der Waals surface area contributed by atoms with Crippen LogP contribution in [0.1, 0.15) is 12.8 Å². The summed E-state index contributed by atoms with van der Waals surface area (Å²) in [6.07, 6.45) is 7.18. The molecular formula is C8H11N. The van der Waals surface area contributed by atoms with E-state index in [1.165, 1.54) is 5.57 Å². The van der Waals surface area contributed by atoms with Gasteiger partial charge in [0.25, 0.3) is 0 Å². The Morgan fingerprint density at radius 3 is 2.44 bits per heavy atom. The molecule has 0 spiro atoms. The average molecular weight is 121 g/mol. The van der Waals surface area contributed by atoms with Gasteiger partial charge < -0.3 is 5.32 Å². The standard InChI is InChI=1S/C8H11N/c1-4-8(9-3)5-7(2)6-8/h1,9H,2,5-6H2,3H3. The van der Waals surface area contributed by atoms with E-state index in [0.717, 1.165) is 12.8 Å². The lowest BCUT2D eigenvalue weighted by molar-refractivity contribution is 0.364. The van der Waals surface area contributed by atoms with Gasteiger partial charge in [-0.3, -0.25) is 0 Å². The van der Waals surface area contributed by atoms with Crippen LogP contribution in [0.25, 0.3) is 0 Å². The minimum atomic E-state index is -0.0446.